The third-order valence-electron chi connectivity index (χ3n) is 6.75. The van der Waals surface area contributed by atoms with Crippen LogP contribution in [0.25, 0.3) is 16.6 Å². The highest BCUT2D eigenvalue weighted by Gasteiger charge is 2.42. The van der Waals surface area contributed by atoms with E-state index < -0.39 is 23.3 Å². The van der Waals surface area contributed by atoms with Crippen LogP contribution in [0.2, 0.25) is 0 Å². The number of halogens is 3. The lowest BCUT2D eigenvalue weighted by atomic mass is 9.89. The van der Waals surface area contributed by atoms with E-state index in [1.165, 1.54) is 4.90 Å². The van der Waals surface area contributed by atoms with Crippen LogP contribution in [0.15, 0.2) is 54.9 Å². The smallest absolute Gasteiger partial charge is 0.434 e. The molecule has 4 aromatic rings. The van der Waals surface area contributed by atoms with Crippen molar-refractivity contribution in [3.8, 4) is 11.4 Å². The SMILES string of the molecule is COc1ccc2[nH]cc(C3CCN(C(=O)c4cnn(-c5ccccc5C)c4C(F)(F)F)CC3)c2c1. The molecule has 0 bridgehead atoms. The van der Waals surface area contributed by atoms with Crippen molar-refractivity contribution in [3.05, 3.63) is 77.2 Å². The number of nitrogens with one attached hydrogen (secondary N) is 1. The van der Waals surface area contributed by atoms with Crippen LogP contribution < -0.4 is 4.74 Å². The van der Waals surface area contributed by atoms with E-state index in [1.54, 1.807) is 38.3 Å². The van der Waals surface area contributed by atoms with E-state index in [-0.39, 0.29) is 5.92 Å². The van der Waals surface area contributed by atoms with Gasteiger partial charge >= 0.3 is 6.18 Å². The summed E-state index contributed by atoms with van der Waals surface area (Å²) in [5, 5.41) is 5.03. The first-order valence-electron chi connectivity index (χ1n) is 11.4. The van der Waals surface area contributed by atoms with Crippen LogP contribution in [0.4, 0.5) is 13.2 Å². The molecule has 0 aliphatic carbocycles. The van der Waals surface area contributed by atoms with Crippen molar-refractivity contribution in [3.63, 3.8) is 0 Å². The van der Waals surface area contributed by atoms with Gasteiger partial charge in [-0.3, -0.25) is 4.79 Å². The number of fused-ring (bicyclic) bond motifs is 1. The zero-order valence-electron chi connectivity index (χ0n) is 19.4. The highest BCUT2D eigenvalue weighted by atomic mass is 19.4. The third kappa shape index (κ3) is 4.15. The number of piperidine rings is 1. The summed E-state index contributed by atoms with van der Waals surface area (Å²) >= 11 is 0. The molecule has 0 saturated carbocycles. The molecule has 35 heavy (non-hydrogen) atoms. The molecule has 3 heterocycles. The van der Waals surface area contributed by atoms with E-state index in [2.05, 4.69) is 10.1 Å². The molecule has 9 heteroatoms. The normalized spacial score (nSPS) is 15.1. The number of alkyl halides is 3. The molecule has 6 nitrogen and oxygen atoms in total. The van der Waals surface area contributed by atoms with Gasteiger partial charge in [0.15, 0.2) is 5.69 Å². The largest absolute Gasteiger partial charge is 0.497 e. The number of methoxy groups -OCH3 is 1. The lowest BCUT2D eigenvalue weighted by Gasteiger charge is -2.32. The fourth-order valence-corrected chi connectivity index (χ4v) is 4.91. The Morgan fingerprint density at radius 2 is 1.89 bits per heavy atom. The van der Waals surface area contributed by atoms with Crippen molar-refractivity contribution in [2.75, 3.05) is 20.2 Å². The van der Waals surface area contributed by atoms with Gasteiger partial charge in [0.2, 0.25) is 0 Å². The van der Waals surface area contributed by atoms with Crippen LogP contribution in [0.1, 0.15) is 45.9 Å². The summed E-state index contributed by atoms with van der Waals surface area (Å²) in [6.45, 7) is 2.45. The second-order valence-electron chi connectivity index (χ2n) is 8.82. The van der Waals surface area contributed by atoms with Gasteiger partial charge in [-0.1, -0.05) is 18.2 Å². The molecular formula is C26H25F3N4O2. The quantitative estimate of drug-likeness (QED) is 0.405. The molecule has 1 aliphatic rings. The highest BCUT2D eigenvalue weighted by molar-refractivity contribution is 5.95. The average Bonchev–Trinajstić information content (AvgIpc) is 3.48. The maximum Gasteiger partial charge on any atom is 0.434 e. The van der Waals surface area contributed by atoms with Crippen molar-refractivity contribution >= 4 is 16.8 Å². The number of aromatic amines is 1. The number of rotatable bonds is 4. The van der Waals surface area contributed by atoms with E-state index >= 15 is 0 Å². The zero-order valence-corrected chi connectivity index (χ0v) is 19.4. The van der Waals surface area contributed by atoms with E-state index in [0.29, 0.717) is 37.2 Å². The molecule has 1 fully saturated rings. The van der Waals surface area contributed by atoms with Crippen molar-refractivity contribution in [1.82, 2.24) is 19.7 Å². The van der Waals surface area contributed by atoms with Crippen molar-refractivity contribution in [2.24, 2.45) is 0 Å². The molecular weight excluding hydrogens is 457 g/mol. The number of ether oxygens (including phenoxy) is 1. The molecule has 1 N–H and O–H groups in total. The summed E-state index contributed by atoms with van der Waals surface area (Å²) in [6.07, 6.45) is -0.409. The van der Waals surface area contributed by atoms with Crippen LogP contribution in [0, 0.1) is 6.92 Å². The summed E-state index contributed by atoms with van der Waals surface area (Å²) in [5.74, 6) is 0.309. The van der Waals surface area contributed by atoms with Gasteiger partial charge in [-0.25, -0.2) is 4.68 Å². The Hall–Kier alpha value is -3.75. The summed E-state index contributed by atoms with van der Waals surface area (Å²) in [6, 6.07) is 12.5. The topological polar surface area (TPSA) is 63.1 Å². The Morgan fingerprint density at radius 3 is 2.57 bits per heavy atom. The molecule has 5 rings (SSSR count). The predicted octanol–water partition coefficient (Wildman–Crippen LogP) is 5.71. The molecule has 0 unspecified atom stereocenters. The van der Waals surface area contributed by atoms with Crippen LogP contribution in [-0.4, -0.2) is 45.8 Å². The minimum atomic E-state index is -4.73. The number of likely N-dealkylation sites (tertiary alicyclic amines) is 1. The molecule has 1 saturated heterocycles. The molecule has 182 valence electrons. The van der Waals surface area contributed by atoms with E-state index in [9.17, 15) is 18.0 Å². The maximum absolute atomic E-state index is 14.1. The number of hydrogen-bond acceptors (Lipinski definition) is 3. The Morgan fingerprint density at radius 1 is 1.14 bits per heavy atom. The lowest BCUT2D eigenvalue weighted by molar-refractivity contribution is -0.143. The molecule has 2 aromatic carbocycles. The summed E-state index contributed by atoms with van der Waals surface area (Å²) in [5.41, 5.74) is 1.61. The molecule has 0 atom stereocenters. The Balaban J connectivity index is 1.39. The molecule has 2 aromatic heterocycles. The van der Waals surface area contributed by atoms with E-state index in [0.717, 1.165) is 33.1 Å². The molecule has 1 aliphatic heterocycles. The van der Waals surface area contributed by atoms with Crippen molar-refractivity contribution < 1.29 is 22.7 Å². The maximum atomic E-state index is 14.1. The molecule has 0 radical (unpaired) electrons. The first kappa shape index (κ1) is 23.0. The van der Waals surface area contributed by atoms with Gasteiger partial charge in [0.1, 0.15) is 5.75 Å². The Labute approximate surface area is 200 Å². The van der Waals surface area contributed by atoms with Gasteiger partial charge in [0, 0.05) is 30.2 Å². The number of nitrogens with zero attached hydrogens (tertiary/aromatic N) is 3. The Bertz CT molecular complexity index is 1380. The number of H-pyrrole nitrogens is 1. The van der Waals surface area contributed by atoms with Crippen LogP contribution in [0.5, 0.6) is 5.75 Å². The minimum Gasteiger partial charge on any atom is -0.497 e. The lowest BCUT2D eigenvalue weighted by Crippen LogP contribution is -2.38. The van der Waals surface area contributed by atoms with Gasteiger partial charge in [0.05, 0.1) is 24.6 Å². The number of benzene rings is 2. The minimum absolute atomic E-state index is 0.191. The van der Waals surface area contributed by atoms with Crippen molar-refractivity contribution in [1.29, 1.82) is 0 Å². The predicted molar refractivity (Wildman–Crippen MR) is 126 cm³/mol. The van der Waals surface area contributed by atoms with Crippen LogP contribution in [-0.2, 0) is 6.18 Å². The highest BCUT2D eigenvalue weighted by Crippen LogP contribution is 2.37. The third-order valence-corrected chi connectivity index (χ3v) is 6.75. The fourth-order valence-electron chi connectivity index (χ4n) is 4.91. The monoisotopic (exact) mass is 482 g/mol. The van der Waals surface area contributed by atoms with Gasteiger partial charge in [-0.05, 0) is 61.1 Å². The number of hydrogen-bond donors (Lipinski definition) is 1. The summed E-state index contributed by atoms with van der Waals surface area (Å²) in [7, 11) is 1.62. The summed E-state index contributed by atoms with van der Waals surface area (Å²) in [4.78, 5) is 18.0. The van der Waals surface area contributed by atoms with Crippen LogP contribution in [0.3, 0.4) is 0 Å². The number of aromatic nitrogens is 3. The fraction of sp³-hybridized carbons (Fsp3) is 0.308. The number of amides is 1. The van der Waals surface area contributed by atoms with Gasteiger partial charge in [-0.2, -0.15) is 18.3 Å². The van der Waals surface area contributed by atoms with Crippen molar-refractivity contribution in [2.45, 2.75) is 31.9 Å². The second-order valence-corrected chi connectivity index (χ2v) is 8.82. The first-order valence-corrected chi connectivity index (χ1v) is 11.4. The number of aryl methyl sites for hydroxylation is 1. The number of carbonyl (C=O) groups is 1. The van der Waals surface area contributed by atoms with Gasteiger partial charge < -0.3 is 14.6 Å². The van der Waals surface area contributed by atoms with Gasteiger partial charge in [0.25, 0.3) is 5.91 Å². The van der Waals surface area contributed by atoms with Crippen LogP contribution >= 0.6 is 0 Å². The standard InChI is InChI=1S/C26H25F3N4O2/c1-16-5-3-4-6-23(16)33-24(26(27,28)29)21(15-31-33)25(34)32-11-9-17(10-12-32)20-14-30-22-8-7-18(35-2)13-19(20)22/h3-8,13-15,17,30H,9-12H2,1-2H3. The second kappa shape index (κ2) is 8.79. The number of para-hydroxylation sites is 1. The average molecular weight is 483 g/mol. The zero-order chi connectivity index (χ0) is 24.7. The number of carbonyl (C=O) groups excluding carboxylic acids is 1. The molecule has 0 spiro atoms. The first-order chi connectivity index (χ1) is 16.8. The van der Waals surface area contributed by atoms with Gasteiger partial charge in [-0.15, -0.1) is 0 Å². The van der Waals surface area contributed by atoms with E-state index in [4.69, 9.17) is 4.74 Å². The van der Waals surface area contributed by atoms with E-state index in [1.807, 2.05) is 24.4 Å². The summed E-state index contributed by atoms with van der Waals surface area (Å²) < 4.78 is 48.5. The Kier molecular flexibility index (Phi) is 5.78. The molecule has 1 amide bonds.